The Morgan fingerprint density at radius 2 is 0.780 bits per heavy atom. The Labute approximate surface area is 349 Å². The highest BCUT2D eigenvalue weighted by Crippen LogP contribution is 2.58. The molecular weight excluding hydrogens is 773 g/mol. The Balaban J connectivity index is 1.36. The van der Waals surface area contributed by atoms with Crippen molar-refractivity contribution in [1.29, 1.82) is 0 Å². The molecule has 9 rings (SSSR count). The first-order valence-corrected chi connectivity index (χ1v) is 21.5. The SMILES string of the molecule is COc1ccc(C2(c3ccc(OC)c([S+](c4ccc(O)cc4)c4cccc(O)c4)c3)c3ccccc3-c3ccccc32)cc1[S+](c1ccc(O)cc1)c1ccc(O)cc1. The number of ether oxygens (including phenoxy) is 2. The Hall–Kier alpha value is -6.74. The summed E-state index contributed by atoms with van der Waals surface area (Å²) < 4.78 is 12.3. The minimum atomic E-state index is -0.822. The molecule has 4 N–H and O–H groups in total. The number of hydrogen-bond donors (Lipinski definition) is 4. The number of methoxy groups -OCH3 is 2. The maximum Gasteiger partial charge on any atom is 0.208 e. The van der Waals surface area contributed by atoms with E-state index in [0.717, 1.165) is 62.8 Å². The molecule has 0 saturated heterocycles. The Kier molecular flexibility index (Phi) is 9.97. The van der Waals surface area contributed by atoms with Crippen molar-refractivity contribution in [3.05, 3.63) is 204 Å². The van der Waals surface area contributed by atoms with E-state index in [1.54, 1.807) is 62.8 Å². The molecule has 1 aliphatic rings. The van der Waals surface area contributed by atoms with Crippen molar-refractivity contribution in [2.45, 2.75) is 34.8 Å². The molecule has 0 bridgehead atoms. The Morgan fingerprint density at radius 1 is 0.373 bits per heavy atom. The molecule has 0 radical (unpaired) electrons. The summed E-state index contributed by atoms with van der Waals surface area (Å²) in [6.45, 7) is 0. The molecule has 59 heavy (non-hydrogen) atoms. The largest absolute Gasteiger partial charge is 0.508 e. The molecule has 0 aliphatic heterocycles. The van der Waals surface area contributed by atoms with Crippen molar-refractivity contribution in [2.24, 2.45) is 0 Å². The number of fused-ring (bicyclic) bond motifs is 3. The number of phenols is 4. The van der Waals surface area contributed by atoms with Crippen LogP contribution in [0.1, 0.15) is 22.3 Å². The second-order valence-electron chi connectivity index (χ2n) is 14.2. The average molecular weight is 813 g/mol. The van der Waals surface area contributed by atoms with Crippen LogP contribution < -0.4 is 9.47 Å². The van der Waals surface area contributed by atoms with E-state index >= 15 is 0 Å². The van der Waals surface area contributed by atoms with Crippen LogP contribution in [-0.4, -0.2) is 34.6 Å². The van der Waals surface area contributed by atoms with E-state index in [2.05, 4.69) is 78.9 Å². The summed E-state index contributed by atoms with van der Waals surface area (Å²) >= 11 is 0. The molecule has 1 aliphatic carbocycles. The van der Waals surface area contributed by atoms with Crippen molar-refractivity contribution >= 4 is 21.8 Å². The molecule has 0 aromatic heterocycles. The zero-order valence-corrected chi connectivity index (χ0v) is 33.9. The minimum absolute atomic E-state index is 0.160. The number of hydrogen-bond acceptors (Lipinski definition) is 6. The third-order valence-corrected chi connectivity index (χ3v) is 15.3. The van der Waals surface area contributed by atoms with Gasteiger partial charge < -0.3 is 29.9 Å². The highest BCUT2D eigenvalue weighted by atomic mass is 32.2. The molecule has 0 amide bonds. The fraction of sp³-hybridized carbons (Fsp3) is 0.0588. The molecule has 8 aromatic carbocycles. The number of aromatic hydroxyl groups is 4. The van der Waals surface area contributed by atoms with Gasteiger partial charge in [-0.1, -0.05) is 66.7 Å². The van der Waals surface area contributed by atoms with Gasteiger partial charge in [0.15, 0.2) is 31.1 Å². The van der Waals surface area contributed by atoms with E-state index in [0.29, 0.717) is 11.5 Å². The molecule has 1 atom stereocenters. The molecule has 290 valence electrons. The molecular formula is C51H40O6S2+2. The lowest BCUT2D eigenvalue weighted by Crippen LogP contribution is -2.29. The van der Waals surface area contributed by atoms with E-state index in [1.165, 1.54) is 0 Å². The summed E-state index contributed by atoms with van der Waals surface area (Å²) in [6, 6.07) is 59.2. The molecule has 0 heterocycles. The third-order valence-electron chi connectivity index (χ3n) is 10.9. The zero-order chi connectivity index (χ0) is 40.7. The van der Waals surface area contributed by atoms with Gasteiger partial charge in [0, 0.05) is 18.2 Å². The van der Waals surface area contributed by atoms with Crippen LogP contribution in [0.2, 0.25) is 0 Å². The molecule has 8 heteroatoms. The lowest BCUT2D eigenvalue weighted by molar-refractivity contribution is 0.403. The zero-order valence-electron chi connectivity index (χ0n) is 32.2. The van der Waals surface area contributed by atoms with Crippen LogP contribution in [-0.2, 0) is 27.2 Å². The van der Waals surface area contributed by atoms with Crippen molar-refractivity contribution in [1.82, 2.24) is 0 Å². The van der Waals surface area contributed by atoms with Gasteiger partial charge in [-0.05, 0) is 130 Å². The van der Waals surface area contributed by atoms with E-state index in [4.69, 9.17) is 9.47 Å². The van der Waals surface area contributed by atoms with E-state index in [9.17, 15) is 20.4 Å². The first kappa shape index (κ1) is 37.8. The highest BCUT2D eigenvalue weighted by Gasteiger charge is 2.48. The van der Waals surface area contributed by atoms with Crippen LogP contribution >= 0.6 is 0 Å². The van der Waals surface area contributed by atoms with E-state index in [1.807, 2.05) is 54.6 Å². The summed E-state index contributed by atoms with van der Waals surface area (Å²) in [5, 5.41) is 41.8. The molecule has 8 aromatic rings. The van der Waals surface area contributed by atoms with Crippen molar-refractivity contribution in [2.75, 3.05) is 14.2 Å². The van der Waals surface area contributed by atoms with E-state index < -0.39 is 27.2 Å². The lowest BCUT2D eigenvalue weighted by Gasteiger charge is -2.34. The lowest BCUT2D eigenvalue weighted by atomic mass is 9.67. The summed E-state index contributed by atoms with van der Waals surface area (Å²) in [6.07, 6.45) is 0. The summed E-state index contributed by atoms with van der Waals surface area (Å²) in [4.78, 5) is 5.65. The van der Waals surface area contributed by atoms with Gasteiger partial charge in [-0.15, -0.1) is 0 Å². The molecule has 6 nitrogen and oxygen atoms in total. The monoisotopic (exact) mass is 812 g/mol. The predicted octanol–water partition coefficient (Wildman–Crippen LogP) is 11.1. The summed E-state index contributed by atoms with van der Waals surface area (Å²) in [5.74, 6) is 2.08. The second kappa shape index (κ2) is 15.5. The van der Waals surface area contributed by atoms with Gasteiger partial charge in [0.1, 0.15) is 44.8 Å². The van der Waals surface area contributed by atoms with Crippen molar-refractivity contribution in [3.8, 4) is 45.6 Å². The number of benzene rings is 8. The maximum absolute atomic E-state index is 10.8. The predicted molar refractivity (Wildman–Crippen MR) is 234 cm³/mol. The van der Waals surface area contributed by atoms with Gasteiger partial charge >= 0.3 is 0 Å². The smallest absolute Gasteiger partial charge is 0.208 e. The van der Waals surface area contributed by atoms with Gasteiger partial charge in [0.05, 0.1) is 19.6 Å². The normalized spacial score (nSPS) is 13.1. The van der Waals surface area contributed by atoms with Crippen molar-refractivity contribution < 1.29 is 29.9 Å². The van der Waals surface area contributed by atoms with Gasteiger partial charge in [-0.25, -0.2) is 0 Å². The number of phenolic OH excluding ortho intramolecular Hbond substituents is 4. The van der Waals surface area contributed by atoms with E-state index in [-0.39, 0.29) is 23.0 Å². The average Bonchev–Trinajstić information content (AvgIpc) is 3.57. The summed E-state index contributed by atoms with van der Waals surface area (Å²) in [7, 11) is 1.87. The quantitative estimate of drug-likeness (QED) is 0.103. The fourth-order valence-corrected chi connectivity index (χ4v) is 12.7. The van der Waals surface area contributed by atoms with Gasteiger partial charge in [0.25, 0.3) is 0 Å². The first-order chi connectivity index (χ1) is 28.8. The molecule has 0 saturated carbocycles. The van der Waals surface area contributed by atoms with Crippen LogP contribution in [0.15, 0.2) is 211 Å². The van der Waals surface area contributed by atoms with Crippen molar-refractivity contribution in [3.63, 3.8) is 0 Å². The van der Waals surface area contributed by atoms with Gasteiger partial charge in [-0.3, -0.25) is 0 Å². The Morgan fingerprint density at radius 3 is 1.19 bits per heavy atom. The topological polar surface area (TPSA) is 99.4 Å². The minimum Gasteiger partial charge on any atom is -0.508 e. The van der Waals surface area contributed by atoms with Crippen LogP contribution in [0.3, 0.4) is 0 Å². The van der Waals surface area contributed by atoms with Crippen LogP contribution in [0, 0.1) is 0 Å². The molecule has 0 fully saturated rings. The highest BCUT2D eigenvalue weighted by molar-refractivity contribution is 7.97. The van der Waals surface area contributed by atoms with Gasteiger partial charge in [-0.2, -0.15) is 0 Å². The summed E-state index contributed by atoms with van der Waals surface area (Å²) in [5.41, 5.74) is 5.76. The number of rotatable bonds is 10. The Bertz CT molecular complexity index is 2710. The second-order valence-corrected chi connectivity index (χ2v) is 18.2. The van der Waals surface area contributed by atoms with Crippen LogP contribution in [0.4, 0.5) is 0 Å². The standard InChI is InChI=1S/C51H38O6S2/c1-56-47-28-14-33(30-49(47)58(39-22-16-35(52)17-23-39)40-24-18-36(53)19-25-40)51(45-12-5-3-10-43(45)44-11-4-6-13-46(44)51)34-15-29-48(57-2)50(31-34)59(41-26-20-37(54)21-27-41)42-9-7-8-38(55)32-42/h3-32H,1-2H3,(H2-2,52,53,54,55)/p+2. The fourth-order valence-electron chi connectivity index (χ4n) is 8.30. The molecule has 1 unspecified atom stereocenters. The van der Waals surface area contributed by atoms with Crippen LogP contribution in [0.25, 0.3) is 11.1 Å². The third kappa shape index (κ3) is 6.60. The maximum atomic E-state index is 10.8. The molecule has 0 spiro atoms. The van der Waals surface area contributed by atoms with Gasteiger partial charge in [0.2, 0.25) is 9.79 Å². The van der Waals surface area contributed by atoms with Crippen LogP contribution in [0.5, 0.6) is 34.5 Å². The first-order valence-electron chi connectivity index (χ1n) is 19.0.